The zero-order chi connectivity index (χ0) is 21.1. The molecule has 0 radical (unpaired) electrons. The highest BCUT2D eigenvalue weighted by Crippen LogP contribution is 2.33. The van der Waals surface area contributed by atoms with Gasteiger partial charge < -0.3 is 19.5 Å². The molecule has 9 heteroatoms. The lowest BCUT2D eigenvalue weighted by Crippen LogP contribution is -2.32. The van der Waals surface area contributed by atoms with Crippen molar-refractivity contribution in [3.05, 3.63) is 71.5 Å². The van der Waals surface area contributed by atoms with E-state index in [1.54, 1.807) is 48.9 Å². The molecule has 4 rings (SSSR count). The minimum atomic E-state index is -0.372. The number of halogens is 1. The van der Waals surface area contributed by atoms with Crippen LogP contribution in [0.4, 0.5) is 11.4 Å². The summed E-state index contributed by atoms with van der Waals surface area (Å²) in [4.78, 5) is 24.5. The van der Waals surface area contributed by atoms with E-state index >= 15 is 0 Å². The highest BCUT2D eigenvalue weighted by molar-refractivity contribution is 6.31. The van der Waals surface area contributed by atoms with Crippen LogP contribution in [0.15, 0.2) is 68.9 Å². The van der Waals surface area contributed by atoms with Gasteiger partial charge in [0.25, 0.3) is 5.91 Å². The van der Waals surface area contributed by atoms with Crippen LogP contribution in [0.3, 0.4) is 0 Å². The molecule has 1 atom stereocenters. The fourth-order valence-corrected chi connectivity index (χ4v) is 3.42. The first kappa shape index (κ1) is 19.8. The van der Waals surface area contributed by atoms with E-state index in [4.69, 9.17) is 20.4 Å². The lowest BCUT2D eigenvalue weighted by molar-refractivity contribution is -0.131. The van der Waals surface area contributed by atoms with Gasteiger partial charge in [-0.15, -0.1) is 0 Å². The third-order valence-electron chi connectivity index (χ3n) is 4.57. The minimum Gasteiger partial charge on any atom is -0.467 e. The van der Waals surface area contributed by atoms with Crippen molar-refractivity contribution in [3.8, 4) is 0 Å². The average Bonchev–Trinajstić information content (AvgIpc) is 3.47. The monoisotopic (exact) mass is 426 g/mol. The summed E-state index contributed by atoms with van der Waals surface area (Å²) in [6.07, 6.45) is 3.60. The van der Waals surface area contributed by atoms with Gasteiger partial charge in [-0.2, -0.15) is 5.10 Å². The van der Waals surface area contributed by atoms with Crippen LogP contribution in [0.2, 0.25) is 5.02 Å². The number of nitrogens with one attached hydrogen (secondary N) is 2. The molecular weight excluding hydrogens is 408 g/mol. The normalized spacial score (nSPS) is 15.7. The molecule has 154 valence electrons. The Morgan fingerprint density at radius 1 is 1.17 bits per heavy atom. The summed E-state index contributed by atoms with van der Waals surface area (Å²) in [5, 5.41) is 12.1. The van der Waals surface area contributed by atoms with Crippen LogP contribution >= 0.6 is 11.6 Å². The SMILES string of the molecule is CC(=O)Nc1ccc(Cl)cc1NCC(=O)N1N=C(c2ccco2)CC1c1ccco1. The van der Waals surface area contributed by atoms with Crippen molar-refractivity contribution in [2.75, 3.05) is 17.2 Å². The molecular formula is C21H19ClN4O4. The van der Waals surface area contributed by atoms with Crippen molar-refractivity contribution in [1.29, 1.82) is 0 Å². The third kappa shape index (κ3) is 4.23. The summed E-state index contributed by atoms with van der Waals surface area (Å²) in [7, 11) is 0. The van der Waals surface area contributed by atoms with Crippen LogP contribution in [0.1, 0.15) is 30.9 Å². The largest absolute Gasteiger partial charge is 0.467 e. The number of hydrogen-bond donors (Lipinski definition) is 2. The van der Waals surface area contributed by atoms with Crippen molar-refractivity contribution < 1.29 is 18.4 Å². The molecule has 3 heterocycles. The van der Waals surface area contributed by atoms with Crippen molar-refractivity contribution in [2.45, 2.75) is 19.4 Å². The maximum absolute atomic E-state index is 13.0. The van der Waals surface area contributed by atoms with E-state index in [1.165, 1.54) is 11.9 Å². The quantitative estimate of drug-likeness (QED) is 0.613. The molecule has 2 amide bonds. The first-order valence-corrected chi connectivity index (χ1v) is 9.67. The zero-order valence-corrected chi connectivity index (χ0v) is 16.8. The number of benzene rings is 1. The van der Waals surface area contributed by atoms with Gasteiger partial charge in [0.1, 0.15) is 23.3 Å². The lowest BCUT2D eigenvalue weighted by Gasteiger charge is -2.21. The number of carbonyl (C=O) groups is 2. The van der Waals surface area contributed by atoms with Crippen molar-refractivity contribution in [2.24, 2.45) is 5.10 Å². The second kappa shape index (κ2) is 8.46. The maximum Gasteiger partial charge on any atom is 0.262 e. The van der Waals surface area contributed by atoms with Gasteiger partial charge in [0, 0.05) is 18.4 Å². The van der Waals surface area contributed by atoms with Gasteiger partial charge in [-0.1, -0.05) is 11.6 Å². The van der Waals surface area contributed by atoms with E-state index in [0.29, 0.717) is 40.1 Å². The smallest absolute Gasteiger partial charge is 0.262 e. The van der Waals surface area contributed by atoms with E-state index in [1.807, 2.05) is 6.07 Å². The summed E-state index contributed by atoms with van der Waals surface area (Å²) in [6, 6.07) is 11.8. The number of furan rings is 2. The zero-order valence-electron chi connectivity index (χ0n) is 16.1. The molecule has 1 aliphatic rings. The third-order valence-corrected chi connectivity index (χ3v) is 4.80. The fourth-order valence-electron chi connectivity index (χ4n) is 3.25. The van der Waals surface area contributed by atoms with Crippen molar-refractivity contribution in [3.63, 3.8) is 0 Å². The van der Waals surface area contributed by atoms with Gasteiger partial charge in [-0.05, 0) is 42.5 Å². The Bertz CT molecular complexity index is 1080. The summed E-state index contributed by atoms with van der Waals surface area (Å²) < 4.78 is 11.0. The van der Waals surface area contributed by atoms with Gasteiger partial charge >= 0.3 is 0 Å². The number of amides is 2. The van der Waals surface area contributed by atoms with E-state index in [9.17, 15) is 9.59 Å². The molecule has 0 aliphatic carbocycles. The van der Waals surface area contributed by atoms with E-state index in [-0.39, 0.29) is 24.4 Å². The summed E-state index contributed by atoms with van der Waals surface area (Å²) in [5.41, 5.74) is 1.73. The topological polar surface area (TPSA) is 100 Å². The van der Waals surface area contributed by atoms with Gasteiger partial charge in [-0.3, -0.25) is 9.59 Å². The van der Waals surface area contributed by atoms with Crippen LogP contribution in [-0.4, -0.2) is 29.1 Å². The molecule has 2 N–H and O–H groups in total. The van der Waals surface area contributed by atoms with Crippen molar-refractivity contribution >= 4 is 40.5 Å². The predicted molar refractivity (Wildman–Crippen MR) is 112 cm³/mol. The second-order valence-electron chi connectivity index (χ2n) is 6.72. The van der Waals surface area contributed by atoms with Crippen LogP contribution in [0.25, 0.3) is 0 Å². The molecule has 0 saturated heterocycles. The minimum absolute atomic E-state index is 0.0565. The Kier molecular flexibility index (Phi) is 5.58. The fraction of sp³-hybridized carbons (Fsp3) is 0.190. The first-order chi connectivity index (χ1) is 14.5. The molecule has 2 aromatic heterocycles. The molecule has 3 aromatic rings. The molecule has 1 aromatic carbocycles. The number of rotatable bonds is 6. The summed E-state index contributed by atoms with van der Waals surface area (Å²) >= 11 is 6.07. The molecule has 0 fully saturated rings. The standard InChI is InChI=1S/C21H19ClN4O4/c1-13(27)24-15-7-6-14(22)10-16(15)23-12-21(28)26-18(20-5-3-9-30-20)11-17(25-26)19-4-2-8-29-19/h2-10,18,23H,11-12H2,1H3,(H,24,27). The molecule has 0 spiro atoms. The Morgan fingerprint density at radius 3 is 2.67 bits per heavy atom. The molecule has 8 nitrogen and oxygen atoms in total. The highest BCUT2D eigenvalue weighted by atomic mass is 35.5. The number of hydrazone groups is 1. The average molecular weight is 427 g/mol. The Morgan fingerprint density at radius 2 is 1.97 bits per heavy atom. The second-order valence-corrected chi connectivity index (χ2v) is 7.16. The van der Waals surface area contributed by atoms with Crippen LogP contribution < -0.4 is 10.6 Å². The number of anilines is 2. The Hall–Kier alpha value is -3.52. The number of hydrogen-bond acceptors (Lipinski definition) is 6. The predicted octanol–water partition coefficient (Wildman–Crippen LogP) is 4.27. The number of nitrogens with zero attached hydrogens (tertiary/aromatic N) is 2. The Balaban J connectivity index is 1.54. The molecule has 1 unspecified atom stereocenters. The van der Waals surface area contributed by atoms with Gasteiger partial charge in [0.15, 0.2) is 0 Å². The summed E-state index contributed by atoms with van der Waals surface area (Å²) in [5.74, 6) is 0.747. The first-order valence-electron chi connectivity index (χ1n) is 9.29. The van der Waals surface area contributed by atoms with Gasteiger partial charge in [0.2, 0.25) is 5.91 Å². The van der Waals surface area contributed by atoms with E-state index in [0.717, 1.165) is 0 Å². The lowest BCUT2D eigenvalue weighted by atomic mass is 10.1. The molecule has 0 bridgehead atoms. The van der Waals surface area contributed by atoms with Crippen LogP contribution in [0, 0.1) is 0 Å². The molecule has 1 aliphatic heterocycles. The van der Waals surface area contributed by atoms with E-state index < -0.39 is 0 Å². The van der Waals surface area contributed by atoms with Crippen LogP contribution in [-0.2, 0) is 9.59 Å². The maximum atomic E-state index is 13.0. The number of carbonyl (C=O) groups excluding carboxylic acids is 2. The van der Waals surface area contributed by atoms with Gasteiger partial charge in [-0.25, -0.2) is 5.01 Å². The highest BCUT2D eigenvalue weighted by Gasteiger charge is 2.35. The Labute approximate surface area is 177 Å². The summed E-state index contributed by atoms with van der Waals surface area (Å²) in [6.45, 7) is 1.35. The van der Waals surface area contributed by atoms with Crippen molar-refractivity contribution in [1.82, 2.24) is 5.01 Å². The molecule has 30 heavy (non-hydrogen) atoms. The van der Waals surface area contributed by atoms with Gasteiger partial charge in [0.05, 0.1) is 30.4 Å². The molecule has 0 saturated carbocycles. The van der Waals surface area contributed by atoms with E-state index in [2.05, 4.69) is 15.7 Å². The van der Waals surface area contributed by atoms with Crippen LogP contribution in [0.5, 0.6) is 0 Å².